The van der Waals surface area contributed by atoms with Gasteiger partial charge in [0, 0.05) is 5.92 Å². The van der Waals surface area contributed by atoms with Crippen LogP contribution in [-0.2, 0) is 14.3 Å². The zero-order chi connectivity index (χ0) is 12.0. The van der Waals surface area contributed by atoms with Crippen molar-refractivity contribution in [3.05, 3.63) is 24.3 Å². The highest BCUT2D eigenvalue weighted by Crippen LogP contribution is 2.28. The van der Waals surface area contributed by atoms with E-state index in [1.54, 1.807) is 6.08 Å². The molecule has 88 valence electrons. The third-order valence-corrected chi connectivity index (χ3v) is 2.81. The van der Waals surface area contributed by atoms with Crippen molar-refractivity contribution in [1.82, 2.24) is 0 Å². The summed E-state index contributed by atoms with van der Waals surface area (Å²) in [5.74, 6) is -0.216. The fourth-order valence-corrected chi connectivity index (χ4v) is 1.87. The number of hydrogen-bond donors (Lipinski definition) is 0. The Morgan fingerprint density at radius 2 is 2.25 bits per heavy atom. The molecule has 1 rings (SSSR count). The number of ketones is 1. The maximum absolute atomic E-state index is 11.6. The molecule has 3 heteroatoms. The van der Waals surface area contributed by atoms with Crippen molar-refractivity contribution in [2.45, 2.75) is 26.2 Å². The largest absolute Gasteiger partial charge is 0.469 e. The van der Waals surface area contributed by atoms with Gasteiger partial charge in [-0.2, -0.15) is 0 Å². The van der Waals surface area contributed by atoms with E-state index < -0.39 is 0 Å². The average Bonchev–Trinajstić information content (AvgIpc) is 2.61. The Morgan fingerprint density at radius 3 is 2.88 bits per heavy atom. The minimum atomic E-state index is -0.256. The molecule has 0 amide bonds. The number of carbonyl (C=O) groups is 2. The monoisotopic (exact) mass is 222 g/mol. The molecule has 0 aromatic rings. The molecule has 0 bridgehead atoms. The predicted octanol–water partition coefficient (Wildman–Crippen LogP) is 2.28. The second-order valence-electron chi connectivity index (χ2n) is 3.93. The van der Waals surface area contributed by atoms with Crippen molar-refractivity contribution >= 4 is 11.8 Å². The molecule has 0 fully saturated rings. The van der Waals surface area contributed by atoms with Crippen LogP contribution in [0.1, 0.15) is 26.2 Å². The first-order valence-corrected chi connectivity index (χ1v) is 5.62. The molecule has 0 spiro atoms. The molecular formula is C13H18O3. The lowest BCUT2D eigenvalue weighted by atomic mass is 9.89. The summed E-state index contributed by atoms with van der Waals surface area (Å²) >= 11 is 0. The van der Waals surface area contributed by atoms with Crippen molar-refractivity contribution in [3.63, 3.8) is 0 Å². The quantitative estimate of drug-likeness (QED) is 0.529. The Bertz CT molecular complexity index is 315. The second kappa shape index (κ2) is 6.26. The Balaban J connectivity index is 2.55. The molecule has 2 atom stereocenters. The number of hydrogen-bond acceptors (Lipinski definition) is 3. The molecule has 0 saturated heterocycles. The van der Waals surface area contributed by atoms with Crippen LogP contribution < -0.4 is 0 Å². The first kappa shape index (κ1) is 12.7. The van der Waals surface area contributed by atoms with Crippen molar-refractivity contribution in [1.29, 1.82) is 0 Å². The van der Waals surface area contributed by atoms with E-state index in [1.165, 1.54) is 7.11 Å². The zero-order valence-electron chi connectivity index (χ0n) is 9.81. The minimum Gasteiger partial charge on any atom is -0.469 e. The molecule has 16 heavy (non-hydrogen) atoms. The third kappa shape index (κ3) is 3.33. The molecule has 3 nitrogen and oxygen atoms in total. The molecule has 0 aromatic carbocycles. The second-order valence-corrected chi connectivity index (χ2v) is 3.93. The summed E-state index contributed by atoms with van der Waals surface area (Å²) in [4.78, 5) is 22.7. The van der Waals surface area contributed by atoms with E-state index in [2.05, 4.69) is 11.7 Å². The number of rotatable bonds is 5. The maximum atomic E-state index is 11.6. The van der Waals surface area contributed by atoms with E-state index >= 15 is 0 Å². The third-order valence-electron chi connectivity index (χ3n) is 2.81. The van der Waals surface area contributed by atoms with E-state index in [0.29, 0.717) is 12.8 Å². The SMILES string of the molecule is CC/C=C\C[C@@H]1C(=O)C=C[C@@H]1CC(=O)OC. The molecular weight excluding hydrogens is 204 g/mol. The number of ether oxygens (including phenoxy) is 1. The Labute approximate surface area is 96.2 Å². The lowest BCUT2D eigenvalue weighted by Gasteiger charge is -2.14. The summed E-state index contributed by atoms with van der Waals surface area (Å²) in [6, 6.07) is 0. The van der Waals surface area contributed by atoms with Gasteiger partial charge in [0.05, 0.1) is 13.5 Å². The van der Waals surface area contributed by atoms with Gasteiger partial charge in [-0.15, -0.1) is 0 Å². The van der Waals surface area contributed by atoms with Crippen LogP contribution in [-0.4, -0.2) is 18.9 Å². The van der Waals surface area contributed by atoms with E-state index in [-0.39, 0.29) is 23.6 Å². The fraction of sp³-hybridized carbons (Fsp3) is 0.538. The van der Waals surface area contributed by atoms with Gasteiger partial charge in [-0.05, 0) is 24.8 Å². The summed E-state index contributed by atoms with van der Waals surface area (Å²) in [7, 11) is 1.37. The van der Waals surface area contributed by atoms with Gasteiger partial charge < -0.3 is 4.74 Å². The van der Waals surface area contributed by atoms with Crippen LogP contribution in [0.4, 0.5) is 0 Å². The Kier molecular flexibility index (Phi) is 4.96. The van der Waals surface area contributed by atoms with Crippen LogP contribution in [0.2, 0.25) is 0 Å². The molecule has 1 aliphatic rings. The highest BCUT2D eigenvalue weighted by Gasteiger charge is 2.30. The molecule has 1 aliphatic carbocycles. The van der Waals surface area contributed by atoms with Gasteiger partial charge in [0.15, 0.2) is 5.78 Å². The summed E-state index contributed by atoms with van der Waals surface area (Å²) in [5, 5.41) is 0. The molecule has 0 heterocycles. The van der Waals surface area contributed by atoms with Gasteiger partial charge in [-0.25, -0.2) is 0 Å². The lowest BCUT2D eigenvalue weighted by molar-refractivity contribution is -0.141. The topological polar surface area (TPSA) is 43.4 Å². The molecule has 0 aromatic heterocycles. The van der Waals surface area contributed by atoms with Crippen LogP contribution in [0.3, 0.4) is 0 Å². The smallest absolute Gasteiger partial charge is 0.306 e. The molecule has 0 unspecified atom stereocenters. The highest BCUT2D eigenvalue weighted by molar-refractivity contribution is 5.95. The van der Waals surface area contributed by atoms with Crippen molar-refractivity contribution in [2.24, 2.45) is 11.8 Å². The number of carbonyl (C=O) groups excluding carboxylic acids is 2. The predicted molar refractivity (Wildman–Crippen MR) is 61.8 cm³/mol. The zero-order valence-corrected chi connectivity index (χ0v) is 9.81. The molecule has 0 saturated carbocycles. The first-order valence-electron chi connectivity index (χ1n) is 5.62. The molecule has 0 aliphatic heterocycles. The standard InChI is InChI=1S/C13H18O3/c1-3-4-5-6-11-10(7-8-12(11)14)9-13(15)16-2/h4-5,7-8,10-11H,3,6,9H2,1-2H3/b5-4-/t10-,11+/m1/s1. The van der Waals surface area contributed by atoms with E-state index in [4.69, 9.17) is 0 Å². The van der Waals surface area contributed by atoms with Crippen molar-refractivity contribution in [3.8, 4) is 0 Å². The first-order chi connectivity index (χ1) is 7.69. The van der Waals surface area contributed by atoms with E-state index in [0.717, 1.165) is 6.42 Å². The maximum Gasteiger partial charge on any atom is 0.306 e. The fourth-order valence-electron chi connectivity index (χ4n) is 1.87. The van der Waals surface area contributed by atoms with Crippen molar-refractivity contribution in [2.75, 3.05) is 7.11 Å². The van der Waals surface area contributed by atoms with Gasteiger partial charge >= 0.3 is 5.97 Å². The number of allylic oxidation sites excluding steroid dienone is 4. The minimum absolute atomic E-state index is 0.00135. The lowest BCUT2D eigenvalue weighted by Crippen LogP contribution is -2.18. The van der Waals surface area contributed by atoms with Gasteiger partial charge in [0.25, 0.3) is 0 Å². The van der Waals surface area contributed by atoms with Gasteiger partial charge in [0.1, 0.15) is 0 Å². The summed E-state index contributed by atoms with van der Waals surface area (Å²) < 4.78 is 4.62. The normalized spacial score (nSPS) is 24.2. The van der Waals surface area contributed by atoms with E-state index in [1.807, 2.05) is 18.2 Å². The van der Waals surface area contributed by atoms with Crippen LogP contribution in [0.25, 0.3) is 0 Å². The van der Waals surface area contributed by atoms with Crippen LogP contribution in [0.5, 0.6) is 0 Å². The summed E-state index contributed by atoms with van der Waals surface area (Å²) in [6.07, 6.45) is 9.43. The average molecular weight is 222 g/mol. The number of esters is 1. The molecule has 0 radical (unpaired) electrons. The summed E-state index contributed by atoms with van der Waals surface area (Å²) in [5.41, 5.74) is 0. The Morgan fingerprint density at radius 1 is 1.50 bits per heavy atom. The van der Waals surface area contributed by atoms with Crippen LogP contribution in [0, 0.1) is 11.8 Å². The van der Waals surface area contributed by atoms with Gasteiger partial charge in [-0.3, -0.25) is 9.59 Å². The van der Waals surface area contributed by atoms with Crippen molar-refractivity contribution < 1.29 is 14.3 Å². The Hall–Kier alpha value is -1.38. The molecule has 0 N–H and O–H groups in total. The van der Waals surface area contributed by atoms with Crippen LogP contribution in [0.15, 0.2) is 24.3 Å². The summed E-state index contributed by atoms with van der Waals surface area (Å²) in [6.45, 7) is 2.05. The van der Waals surface area contributed by atoms with E-state index in [9.17, 15) is 9.59 Å². The van der Waals surface area contributed by atoms with Gasteiger partial charge in [-0.1, -0.05) is 25.2 Å². The van der Waals surface area contributed by atoms with Crippen LogP contribution >= 0.6 is 0 Å². The number of methoxy groups -OCH3 is 1. The van der Waals surface area contributed by atoms with Gasteiger partial charge in [0.2, 0.25) is 0 Å². The highest BCUT2D eigenvalue weighted by atomic mass is 16.5.